The molecule has 1 aromatic heterocycles. The van der Waals surface area contributed by atoms with Gasteiger partial charge < -0.3 is 4.90 Å². The number of aryl methyl sites for hydroxylation is 1. The van der Waals surface area contributed by atoms with Crippen LogP contribution in [-0.2, 0) is 11.8 Å². The molecule has 21 heavy (non-hydrogen) atoms. The van der Waals surface area contributed by atoms with Gasteiger partial charge in [-0.3, -0.25) is 14.3 Å². The minimum atomic E-state index is -0.0151. The van der Waals surface area contributed by atoms with Gasteiger partial charge in [-0.05, 0) is 38.2 Å². The number of amides is 1. The van der Waals surface area contributed by atoms with E-state index in [1.54, 1.807) is 16.9 Å². The summed E-state index contributed by atoms with van der Waals surface area (Å²) in [5.74, 6) is 0.386. The molecule has 114 valence electrons. The first-order valence-corrected chi connectivity index (χ1v) is 8.00. The summed E-state index contributed by atoms with van der Waals surface area (Å²) in [7, 11) is 1.81. The number of aromatic nitrogens is 2. The summed E-state index contributed by atoms with van der Waals surface area (Å²) in [5, 5.41) is 4.22. The van der Waals surface area contributed by atoms with Gasteiger partial charge >= 0.3 is 0 Å². The smallest absolute Gasteiger partial charge is 0.274 e. The topological polar surface area (TPSA) is 55.2 Å². The Morgan fingerprint density at radius 2 is 2.05 bits per heavy atom. The highest BCUT2D eigenvalue weighted by Crippen LogP contribution is 2.32. The zero-order valence-corrected chi connectivity index (χ0v) is 12.6. The van der Waals surface area contributed by atoms with E-state index in [1.165, 1.54) is 0 Å². The van der Waals surface area contributed by atoms with Crippen molar-refractivity contribution in [2.45, 2.75) is 51.0 Å². The van der Waals surface area contributed by atoms with Crippen molar-refractivity contribution in [3.05, 3.63) is 18.0 Å². The van der Waals surface area contributed by atoms with E-state index >= 15 is 0 Å². The molecule has 1 amide bonds. The van der Waals surface area contributed by atoms with E-state index in [0.717, 1.165) is 45.1 Å². The summed E-state index contributed by atoms with van der Waals surface area (Å²) >= 11 is 0. The third-order valence-electron chi connectivity index (χ3n) is 4.81. The van der Waals surface area contributed by atoms with Gasteiger partial charge in [0.25, 0.3) is 5.91 Å². The molecule has 1 saturated heterocycles. The maximum Gasteiger partial charge on any atom is 0.274 e. The molecule has 1 saturated carbocycles. The quantitative estimate of drug-likeness (QED) is 0.838. The second kappa shape index (κ2) is 6.00. The zero-order chi connectivity index (χ0) is 14.8. The lowest BCUT2D eigenvalue weighted by Gasteiger charge is -2.40. The first-order valence-electron chi connectivity index (χ1n) is 8.00. The summed E-state index contributed by atoms with van der Waals surface area (Å²) < 4.78 is 1.65. The summed E-state index contributed by atoms with van der Waals surface area (Å²) in [6.07, 6.45) is 8.63. The molecule has 1 aliphatic carbocycles. The lowest BCUT2D eigenvalue weighted by atomic mass is 9.79. The average molecular weight is 289 g/mol. The van der Waals surface area contributed by atoms with E-state index in [0.29, 0.717) is 17.9 Å². The second-order valence-corrected chi connectivity index (χ2v) is 6.25. The molecule has 5 heteroatoms. The predicted molar refractivity (Wildman–Crippen MR) is 78.8 cm³/mol. The number of Topliss-reactive ketones (excluding diaryl/α,β-unsaturated/α-hetero) is 1. The fourth-order valence-electron chi connectivity index (χ4n) is 3.72. The molecule has 1 aromatic rings. The molecular weight excluding hydrogens is 266 g/mol. The molecule has 0 bridgehead atoms. The number of carbonyl (C=O) groups excluding carboxylic acids is 2. The molecular formula is C16H23N3O2. The summed E-state index contributed by atoms with van der Waals surface area (Å²) in [5.41, 5.74) is 0.493. The Morgan fingerprint density at radius 3 is 2.76 bits per heavy atom. The number of hydrogen-bond acceptors (Lipinski definition) is 3. The van der Waals surface area contributed by atoms with Crippen LogP contribution in [-0.4, -0.2) is 39.0 Å². The van der Waals surface area contributed by atoms with E-state index in [4.69, 9.17) is 0 Å². The van der Waals surface area contributed by atoms with Gasteiger partial charge in [-0.25, -0.2) is 0 Å². The van der Waals surface area contributed by atoms with Gasteiger partial charge in [-0.1, -0.05) is 6.42 Å². The molecule has 2 unspecified atom stereocenters. The molecule has 0 N–H and O–H groups in total. The lowest BCUT2D eigenvalue weighted by molar-refractivity contribution is -0.127. The highest BCUT2D eigenvalue weighted by atomic mass is 16.2. The van der Waals surface area contributed by atoms with Crippen LogP contribution < -0.4 is 0 Å². The van der Waals surface area contributed by atoms with Crippen molar-refractivity contribution in [3.8, 4) is 0 Å². The Balaban J connectivity index is 1.80. The first kappa shape index (κ1) is 14.3. The van der Waals surface area contributed by atoms with Gasteiger partial charge in [0.2, 0.25) is 0 Å². The van der Waals surface area contributed by atoms with Crippen molar-refractivity contribution in [2.75, 3.05) is 6.54 Å². The molecule has 2 fully saturated rings. The van der Waals surface area contributed by atoms with Crippen molar-refractivity contribution >= 4 is 11.7 Å². The van der Waals surface area contributed by atoms with Crippen LogP contribution in [0.3, 0.4) is 0 Å². The van der Waals surface area contributed by atoms with E-state index in [1.807, 2.05) is 11.9 Å². The molecule has 2 heterocycles. The standard InChI is InChI=1S/C16H23N3O2/c1-18-11-9-13(17-18)16(21)19-10-5-4-7-14(19)12-6-2-3-8-15(12)20/h9,11-12,14H,2-8,10H2,1H3. The van der Waals surface area contributed by atoms with Crippen molar-refractivity contribution in [3.63, 3.8) is 0 Å². The molecule has 3 rings (SSSR count). The molecule has 0 aromatic carbocycles. The number of ketones is 1. The third-order valence-corrected chi connectivity index (χ3v) is 4.81. The second-order valence-electron chi connectivity index (χ2n) is 6.25. The van der Waals surface area contributed by atoms with Gasteiger partial charge in [0.05, 0.1) is 0 Å². The normalized spacial score (nSPS) is 26.9. The zero-order valence-electron chi connectivity index (χ0n) is 12.6. The van der Waals surface area contributed by atoms with Crippen molar-refractivity contribution in [1.29, 1.82) is 0 Å². The SMILES string of the molecule is Cn1ccc(C(=O)N2CCCCC2C2CCCCC2=O)n1. The van der Waals surface area contributed by atoms with Crippen molar-refractivity contribution in [2.24, 2.45) is 13.0 Å². The highest BCUT2D eigenvalue weighted by molar-refractivity contribution is 5.93. The van der Waals surface area contributed by atoms with Gasteiger partial charge in [0, 0.05) is 38.2 Å². The molecule has 5 nitrogen and oxygen atoms in total. The number of likely N-dealkylation sites (tertiary alicyclic amines) is 1. The molecule has 2 aliphatic rings. The van der Waals surface area contributed by atoms with E-state index in [9.17, 15) is 9.59 Å². The number of piperidine rings is 1. The van der Waals surface area contributed by atoms with Crippen molar-refractivity contribution in [1.82, 2.24) is 14.7 Å². The van der Waals surface area contributed by atoms with E-state index in [2.05, 4.69) is 5.10 Å². The fraction of sp³-hybridized carbons (Fsp3) is 0.688. The number of rotatable bonds is 2. The maximum atomic E-state index is 12.7. The average Bonchev–Trinajstić information content (AvgIpc) is 2.94. The van der Waals surface area contributed by atoms with Gasteiger partial charge in [-0.15, -0.1) is 0 Å². The number of hydrogen-bond donors (Lipinski definition) is 0. The molecule has 2 atom stereocenters. The van der Waals surface area contributed by atoms with Gasteiger partial charge in [0.1, 0.15) is 11.5 Å². The summed E-state index contributed by atoms with van der Waals surface area (Å²) in [6.45, 7) is 0.754. The molecule has 1 aliphatic heterocycles. The Kier molecular flexibility index (Phi) is 4.08. The Hall–Kier alpha value is -1.65. The fourth-order valence-corrected chi connectivity index (χ4v) is 3.72. The van der Waals surface area contributed by atoms with Crippen LogP contribution in [0.5, 0.6) is 0 Å². The van der Waals surface area contributed by atoms with Crippen LogP contribution in [0.25, 0.3) is 0 Å². The number of carbonyl (C=O) groups is 2. The van der Waals surface area contributed by atoms with Crippen molar-refractivity contribution < 1.29 is 9.59 Å². The van der Waals surface area contributed by atoms with Gasteiger partial charge in [-0.2, -0.15) is 5.10 Å². The van der Waals surface area contributed by atoms with E-state index < -0.39 is 0 Å². The predicted octanol–water partition coefficient (Wildman–Crippen LogP) is 2.17. The first-order chi connectivity index (χ1) is 10.2. The lowest BCUT2D eigenvalue weighted by Crippen LogP contribution is -2.50. The van der Waals surface area contributed by atoms with Crippen LogP contribution in [0.15, 0.2) is 12.3 Å². The van der Waals surface area contributed by atoms with Gasteiger partial charge in [0.15, 0.2) is 0 Å². The minimum Gasteiger partial charge on any atom is -0.334 e. The maximum absolute atomic E-state index is 12.7. The summed E-state index contributed by atoms with van der Waals surface area (Å²) in [4.78, 5) is 26.9. The third kappa shape index (κ3) is 2.87. The van der Waals surface area contributed by atoms with Crippen LogP contribution in [0, 0.1) is 5.92 Å². The minimum absolute atomic E-state index is 0.0151. The van der Waals surface area contributed by atoms with Crippen LogP contribution in [0.4, 0.5) is 0 Å². The van der Waals surface area contributed by atoms with Crippen LogP contribution >= 0.6 is 0 Å². The molecule has 0 radical (unpaired) electrons. The highest BCUT2D eigenvalue weighted by Gasteiger charge is 2.38. The van der Waals surface area contributed by atoms with Crippen LogP contribution in [0.2, 0.25) is 0 Å². The summed E-state index contributed by atoms with van der Waals surface area (Å²) in [6, 6.07) is 1.84. The van der Waals surface area contributed by atoms with Crippen LogP contribution in [0.1, 0.15) is 55.4 Å². The Labute approximate surface area is 125 Å². The number of nitrogens with zero attached hydrogens (tertiary/aromatic N) is 3. The molecule has 0 spiro atoms. The monoisotopic (exact) mass is 289 g/mol. The van der Waals surface area contributed by atoms with E-state index in [-0.39, 0.29) is 17.9 Å². The Bertz CT molecular complexity index is 537. The largest absolute Gasteiger partial charge is 0.334 e. The Morgan fingerprint density at radius 1 is 1.24 bits per heavy atom.